The number of rotatable bonds is 3. The molecule has 0 aromatic heterocycles. The molecule has 1 saturated heterocycles. The van der Waals surface area contributed by atoms with Gasteiger partial charge in [0.2, 0.25) is 0 Å². The topological polar surface area (TPSA) is 15.3 Å². The molecule has 2 nitrogen and oxygen atoms in total. The normalized spacial score (nSPS) is 17.8. The van der Waals surface area contributed by atoms with E-state index in [1.807, 2.05) is 7.05 Å². The van der Waals surface area contributed by atoms with Crippen LogP contribution in [0.3, 0.4) is 0 Å². The van der Waals surface area contributed by atoms with Crippen LogP contribution in [0.4, 0.5) is 5.69 Å². The first-order valence-corrected chi connectivity index (χ1v) is 7.50. The Morgan fingerprint density at radius 1 is 1.16 bits per heavy atom. The van der Waals surface area contributed by atoms with Crippen molar-refractivity contribution < 1.29 is 0 Å². The average Bonchev–Trinajstić information content (AvgIpc) is 2.39. The van der Waals surface area contributed by atoms with Gasteiger partial charge in [0, 0.05) is 25.3 Å². The molecule has 19 heavy (non-hydrogen) atoms. The van der Waals surface area contributed by atoms with Gasteiger partial charge in [0.1, 0.15) is 0 Å². The minimum absolute atomic E-state index is 0.455. The predicted molar refractivity (Wildman–Crippen MR) is 83.6 cm³/mol. The van der Waals surface area contributed by atoms with E-state index >= 15 is 0 Å². The Morgan fingerprint density at radius 3 is 2.37 bits per heavy atom. The standard InChI is InChI=1S/C17H28N2/c1-17(2,3)15-9-11-19(12-10-15)16-8-6-5-7-14(16)13-18-4/h5-8,15,18H,9-13H2,1-4H3. The van der Waals surface area contributed by atoms with E-state index in [2.05, 4.69) is 55.3 Å². The number of benzene rings is 1. The largest absolute Gasteiger partial charge is 0.371 e. The molecule has 1 aliphatic heterocycles. The Bertz CT molecular complexity index is 398. The van der Waals surface area contributed by atoms with Crippen molar-refractivity contribution in [2.75, 3.05) is 25.0 Å². The fourth-order valence-electron chi connectivity index (χ4n) is 3.15. The van der Waals surface area contributed by atoms with Crippen molar-refractivity contribution >= 4 is 5.69 Å². The van der Waals surface area contributed by atoms with E-state index in [0.717, 1.165) is 12.5 Å². The van der Waals surface area contributed by atoms with Gasteiger partial charge in [0.05, 0.1) is 0 Å². The van der Waals surface area contributed by atoms with Crippen molar-refractivity contribution in [3.63, 3.8) is 0 Å². The zero-order valence-corrected chi connectivity index (χ0v) is 12.9. The lowest BCUT2D eigenvalue weighted by atomic mass is 9.75. The van der Waals surface area contributed by atoms with E-state index < -0.39 is 0 Å². The summed E-state index contributed by atoms with van der Waals surface area (Å²) in [4.78, 5) is 2.56. The van der Waals surface area contributed by atoms with E-state index in [4.69, 9.17) is 0 Å². The molecule has 2 heteroatoms. The first kappa shape index (κ1) is 14.4. The lowest BCUT2D eigenvalue weighted by Gasteiger charge is -2.40. The minimum Gasteiger partial charge on any atom is -0.371 e. The third kappa shape index (κ3) is 3.50. The number of hydrogen-bond donors (Lipinski definition) is 1. The highest BCUT2D eigenvalue weighted by Crippen LogP contribution is 2.36. The first-order chi connectivity index (χ1) is 9.02. The van der Waals surface area contributed by atoms with Crippen molar-refractivity contribution in [2.45, 2.75) is 40.2 Å². The van der Waals surface area contributed by atoms with Crippen LogP contribution in [0.15, 0.2) is 24.3 Å². The highest BCUT2D eigenvalue weighted by molar-refractivity contribution is 5.53. The van der Waals surface area contributed by atoms with Gasteiger partial charge in [0.15, 0.2) is 0 Å². The highest BCUT2D eigenvalue weighted by Gasteiger charge is 2.29. The fraction of sp³-hybridized carbons (Fsp3) is 0.647. The molecule has 0 unspecified atom stereocenters. The maximum Gasteiger partial charge on any atom is 0.0411 e. The zero-order valence-electron chi connectivity index (χ0n) is 12.9. The summed E-state index contributed by atoms with van der Waals surface area (Å²) in [6, 6.07) is 8.80. The SMILES string of the molecule is CNCc1ccccc1N1CCC(C(C)(C)C)CC1. The highest BCUT2D eigenvalue weighted by atomic mass is 15.1. The van der Waals surface area contributed by atoms with Crippen LogP contribution in [-0.2, 0) is 6.54 Å². The van der Waals surface area contributed by atoms with Gasteiger partial charge >= 0.3 is 0 Å². The smallest absolute Gasteiger partial charge is 0.0411 e. The molecule has 0 amide bonds. The van der Waals surface area contributed by atoms with E-state index in [9.17, 15) is 0 Å². The molecule has 1 fully saturated rings. The van der Waals surface area contributed by atoms with Crippen molar-refractivity contribution in [1.29, 1.82) is 0 Å². The second-order valence-corrected chi connectivity index (χ2v) is 6.79. The molecule has 1 N–H and O–H groups in total. The third-order valence-electron chi connectivity index (χ3n) is 4.42. The van der Waals surface area contributed by atoms with E-state index in [-0.39, 0.29) is 0 Å². The Morgan fingerprint density at radius 2 is 1.79 bits per heavy atom. The number of nitrogens with zero attached hydrogens (tertiary/aromatic N) is 1. The van der Waals surface area contributed by atoms with Crippen LogP contribution in [0.25, 0.3) is 0 Å². The molecule has 0 radical (unpaired) electrons. The van der Waals surface area contributed by atoms with Crippen LogP contribution in [0, 0.1) is 11.3 Å². The fourth-order valence-corrected chi connectivity index (χ4v) is 3.15. The Labute approximate surface area is 118 Å². The third-order valence-corrected chi connectivity index (χ3v) is 4.42. The molecule has 1 aromatic carbocycles. The quantitative estimate of drug-likeness (QED) is 0.892. The number of nitrogens with one attached hydrogen (secondary N) is 1. The molecule has 0 spiro atoms. The van der Waals surface area contributed by atoms with E-state index in [1.165, 1.54) is 37.2 Å². The van der Waals surface area contributed by atoms with Crippen LogP contribution in [-0.4, -0.2) is 20.1 Å². The lowest BCUT2D eigenvalue weighted by Crippen LogP contribution is -2.38. The molecule has 0 aliphatic carbocycles. The summed E-state index contributed by atoms with van der Waals surface area (Å²) in [7, 11) is 2.02. The molecule has 0 bridgehead atoms. The maximum atomic E-state index is 3.27. The van der Waals surface area contributed by atoms with Crippen LogP contribution >= 0.6 is 0 Å². The predicted octanol–water partition coefficient (Wildman–Crippen LogP) is 3.67. The van der Waals surface area contributed by atoms with Crippen molar-refractivity contribution in [3.05, 3.63) is 29.8 Å². The van der Waals surface area contributed by atoms with Crippen molar-refractivity contribution in [2.24, 2.45) is 11.3 Å². The summed E-state index contributed by atoms with van der Waals surface area (Å²) in [5.74, 6) is 0.861. The van der Waals surface area contributed by atoms with Crippen LogP contribution in [0.5, 0.6) is 0 Å². The van der Waals surface area contributed by atoms with Crippen molar-refractivity contribution in [3.8, 4) is 0 Å². The first-order valence-electron chi connectivity index (χ1n) is 7.50. The van der Waals surface area contributed by atoms with E-state index in [0.29, 0.717) is 5.41 Å². The molecule has 0 saturated carbocycles. The molecule has 1 heterocycles. The molecule has 0 atom stereocenters. The Hall–Kier alpha value is -1.02. The van der Waals surface area contributed by atoms with Crippen LogP contribution in [0.2, 0.25) is 0 Å². The molecular weight excluding hydrogens is 232 g/mol. The van der Waals surface area contributed by atoms with Gasteiger partial charge in [-0.15, -0.1) is 0 Å². The van der Waals surface area contributed by atoms with Gasteiger partial charge in [-0.05, 0) is 42.9 Å². The average molecular weight is 260 g/mol. The number of anilines is 1. The summed E-state index contributed by atoms with van der Waals surface area (Å²) in [6.45, 7) is 10.5. The maximum absolute atomic E-state index is 3.27. The minimum atomic E-state index is 0.455. The summed E-state index contributed by atoms with van der Waals surface area (Å²) in [6.07, 6.45) is 2.63. The van der Waals surface area contributed by atoms with Gasteiger partial charge in [-0.2, -0.15) is 0 Å². The summed E-state index contributed by atoms with van der Waals surface area (Å²) >= 11 is 0. The lowest BCUT2D eigenvalue weighted by molar-refractivity contribution is 0.199. The van der Waals surface area contributed by atoms with E-state index in [1.54, 1.807) is 0 Å². The summed E-state index contributed by atoms with van der Waals surface area (Å²) in [5, 5.41) is 3.27. The second kappa shape index (κ2) is 5.96. The van der Waals surface area contributed by atoms with Gasteiger partial charge in [-0.25, -0.2) is 0 Å². The van der Waals surface area contributed by atoms with Crippen LogP contribution < -0.4 is 10.2 Å². The van der Waals surface area contributed by atoms with Gasteiger partial charge in [-0.3, -0.25) is 0 Å². The van der Waals surface area contributed by atoms with Gasteiger partial charge in [-0.1, -0.05) is 39.0 Å². The number of piperidine rings is 1. The number of hydrogen-bond acceptors (Lipinski definition) is 2. The molecular formula is C17H28N2. The van der Waals surface area contributed by atoms with Crippen molar-refractivity contribution in [1.82, 2.24) is 5.32 Å². The Kier molecular flexibility index (Phi) is 4.51. The zero-order chi connectivity index (χ0) is 13.9. The number of para-hydroxylation sites is 1. The van der Waals surface area contributed by atoms with Crippen LogP contribution in [0.1, 0.15) is 39.2 Å². The molecule has 1 aliphatic rings. The van der Waals surface area contributed by atoms with Gasteiger partial charge < -0.3 is 10.2 Å². The summed E-state index contributed by atoms with van der Waals surface area (Å²) in [5.41, 5.74) is 3.29. The summed E-state index contributed by atoms with van der Waals surface area (Å²) < 4.78 is 0. The Balaban J connectivity index is 2.05. The molecule has 2 rings (SSSR count). The second-order valence-electron chi connectivity index (χ2n) is 6.79. The molecule has 1 aromatic rings. The molecule has 106 valence electrons. The monoisotopic (exact) mass is 260 g/mol. The van der Waals surface area contributed by atoms with Gasteiger partial charge in [0.25, 0.3) is 0 Å².